The van der Waals surface area contributed by atoms with E-state index in [1.165, 1.54) is 12.4 Å². The maximum absolute atomic E-state index is 13.2. The summed E-state index contributed by atoms with van der Waals surface area (Å²) in [6.45, 7) is 11.0. The van der Waals surface area contributed by atoms with Crippen LogP contribution in [-0.2, 0) is 11.0 Å². The summed E-state index contributed by atoms with van der Waals surface area (Å²) in [5, 5.41) is 3.53. The molecular formula is C24H24F3N7O. The van der Waals surface area contributed by atoms with Gasteiger partial charge in [-0.2, -0.15) is 13.2 Å². The van der Waals surface area contributed by atoms with E-state index >= 15 is 0 Å². The highest BCUT2D eigenvalue weighted by Crippen LogP contribution is 2.37. The Bertz CT molecular complexity index is 1300. The maximum Gasteiger partial charge on any atom is 0.417 e. The SMILES string of the molecule is [C-]#[N+]c1cnc(NC(C)C2CCN(C(=O)C3CC3)CC2)nc1-c1c[nH]c2ncc(C(F)(F)F)cc12. The number of pyridine rings is 1. The predicted octanol–water partition coefficient (Wildman–Crippen LogP) is 5.04. The van der Waals surface area contributed by atoms with Gasteiger partial charge in [0, 0.05) is 54.6 Å². The molecule has 3 aromatic heterocycles. The van der Waals surface area contributed by atoms with Crippen LogP contribution in [0.15, 0.2) is 24.7 Å². The number of carbonyl (C=O) groups excluding carboxylic acids is 1. The number of amides is 1. The van der Waals surface area contributed by atoms with Crippen molar-refractivity contribution in [2.24, 2.45) is 11.8 Å². The fourth-order valence-corrected chi connectivity index (χ4v) is 4.61. The van der Waals surface area contributed by atoms with E-state index < -0.39 is 11.7 Å². The molecule has 4 heterocycles. The van der Waals surface area contributed by atoms with Crippen molar-refractivity contribution in [2.75, 3.05) is 18.4 Å². The van der Waals surface area contributed by atoms with Crippen LogP contribution in [0.3, 0.4) is 0 Å². The second kappa shape index (κ2) is 8.83. The number of halogens is 3. The molecule has 3 aromatic rings. The lowest BCUT2D eigenvalue weighted by Crippen LogP contribution is -2.42. The van der Waals surface area contributed by atoms with Gasteiger partial charge in [-0.15, -0.1) is 0 Å². The van der Waals surface area contributed by atoms with Crippen molar-refractivity contribution in [1.82, 2.24) is 24.8 Å². The Morgan fingerprint density at radius 3 is 2.63 bits per heavy atom. The molecule has 0 radical (unpaired) electrons. The minimum atomic E-state index is -4.54. The van der Waals surface area contributed by atoms with E-state index in [0.29, 0.717) is 17.4 Å². The van der Waals surface area contributed by atoms with E-state index in [1.807, 2.05) is 11.8 Å². The molecule has 8 nitrogen and oxygen atoms in total. The van der Waals surface area contributed by atoms with Crippen LogP contribution in [0.2, 0.25) is 0 Å². The molecule has 1 unspecified atom stereocenters. The Kier molecular flexibility index (Phi) is 5.83. The van der Waals surface area contributed by atoms with Gasteiger partial charge in [0.2, 0.25) is 17.5 Å². The first kappa shape index (κ1) is 23.1. The fraction of sp³-hybridized carbons (Fsp3) is 0.458. The molecule has 5 rings (SSSR count). The van der Waals surface area contributed by atoms with Crippen LogP contribution < -0.4 is 5.32 Å². The van der Waals surface area contributed by atoms with Crippen molar-refractivity contribution in [3.8, 4) is 11.3 Å². The molecule has 1 atom stereocenters. The zero-order valence-corrected chi connectivity index (χ0v) is 19.1. The molecule has 1 amide bonds. The molecule has 182 valence electrons. The number of carbonyl (C=O) groups is 1. The van der Waals surface area contributed by atoms with Crippen LogP contribution in [0, 0.1) is 18.4 Å². The number of aromatic nitrogens is 4. The number of H-pyrrole nitrogens is 1. The molecule has 2 N–H and O–H groups in total. The number of alkyl halides is 3. The van der Waals surface area contributed by atoms with Crippen molar-refractivity contribution in [2.45, 2.75) is 44.8 Å². The lowest BCUT2D eigenvalue weighted by Gasteiger charge is -2.35. The largest absolute Gasteiger partial charge is 0.417 e. The molecule has 0 aromatic carbocycles. The van der Waals surface area contributed by atoms with Crippen molar-refractivity contribution >= 4 is 28.6 Å². The summed E-state index contributed by atoms with van der Waals surface area (Å²) in [5.41, 5.74) is 0.130. The van der Waals surface area contributed by atoms with E-state index in [9.17, 15) is 18.0 Å². The highest BCUT2D eigenvalue weighted by atomic mass is 19.4. The summed E-state index contributed by atoms with van der Waals surface area (Å²) in [4.78, 5) is 33.2. The zero-order chi connectivity index (χ0) is 24.7. The topological polar surface area (TPSA) is 91.2 Å². The number of rotatable bonds is 5. The molecule has 11 heteroatoms. The number of piperidine rings is 1. The van der Waals surface area contributed by atoms with Gasteiger partial charge in [-0.1, -0.05) is 0 Å². The van der Waals surface area contributed by atoms with Crippen LogP contribution in [0.4, 0.5) is 24.8 Å². The van der Waals surface area contributed by atoms with E-state index in [4.69, 9.17) is 6.57 Å². The van der Waals surface area contributed by atoms with E-state index in [-0.39, 0.29) is 40.3 Å². The number of aromatic amines is 1. The Hall–Kier alpha value is -3.68. The summed E-state index contributed by atoms with van der Waals surface area (Å²) < 4.78 is 39.7. The summed E-state index contributed by atoms with van der Waals surface area (Å²) in [6, 6.07) is 1.03. The van der Waals surface area contributed by atoms with Gasteiger partial charge in [0.1, 0.15) is 5.65 Å². The monoisotopic (exact) mass is 483 g/mol. The molecule has 2 fully saturated rings. The third-order valence-corrected chi connectivity index (χ3v) is 6.85. The van der Waals surface area contributed by atoms with Gasteiger partial charge in [0.25, 0.3) is 0 Å². The third-order valence-electron chi connectivity index (χ3n) is 6.85. The number of hydrogen-bond acceptors (Lipinski definition) is 5. The fourth-order valence-electron chi connectivity index (χ4n) is 4.61. The molecular weight excluding hydrogens is 459 g/mol. The first-order valence-electron chi connectivity index (χ1n) is 11.6. The minimum absolute atomic E-state index is 0.0151. The van der Waals surface area contributed by atoms with Crippen molar-refractivity contribution in [3.63, 3.8) is 0 Å². The molecule has 0 bridgehead atoms. The molecule has 1 aliphatic carbocycles. The average molecular weight is 483 g/mol. The highest BCUT2D eigenvalue weighted by Gasteiger charge is 2.36. The minimum Gasteiger partial charge on any atom is -0.352 e. The van der Waals surface area contributed by atoms with E-state index in [0.717, 1.165) is 51.0 Å². The van der Waals surface area contributed by atoms with Gasteiger partial charge in [0.15, 0.2) is 0 Å². The molecule has 2 aliphatic rings. The average Bonchev–Trinajstić information content (AvgIpc) is 3.62. The normalized spacial score (nSPS) is 17.9. The van der Waals surface area contributed by atoms with Crippen molar-refractivity contribution in [3.05, 3.63) is 41.6 Å². The van der Waals surface area contributed by atoms with Crippen LogP contribution in [0.1, 0.15) is 38.2 Å². The summed E-state index contributed by atoms with van der Waals surface area (Å²) in [6.07, 6.45) is 2.86. The third kappa shape index (κ3) is 4.65. The lowest BCUT2D eigenvalue weighted by molar-refractivity contribution is -0.137. The first-order chi connectivity index (χ1) is 16.7. The van der Waals surface area contributed by atoms with Gasteiger partial charge in [-0.05, 0) is 44.6 Å². The zero-order valence-electron chi connectivity index (χ0n) is 19.1. The second-order valence-electron chi connectivity index (χ2n) is 9.23. The standard InChI is InChI=1S/C24H24F3N7O/c1-13(14-5-7-34(8-6-14)22(35)15-3-4-15)32-23-31-12-19(28-2)20(33-23)18-11-30-21-17(18)9-16(10-29-21)24(25,26)27/h9-15H,3-8H2,1H3,(H,29,30)(H,31,32,33). The van der Waals surface area contributed by atoms with Crippen LogP contribution in [0.5, 0.6) is 0 Å². The lowest BCUT2D eigenvalue weighted by atomic mass is 9.90. The van der Waals surface area contributed by atoms with Crippen LogP contribution in [0.25, 0.3) is 27.1 Å². The second-order valence-corrected chi connectivity index (χ2v) is 9.23. The Morgan fingerprint density at radius 2 is 1.97 bits per heavy atom. The quantitative estimate of drug-likeness (QED) is 0.497. The molecule has 1 saturated carbocycles. The summed E-state index contributed by atoms with van der Waals surface area (Å²) in [5.74, 6) is 1.11. The molecule has 0 spiro atoms. The highest BCUT2D eigenvalue weighted by molar-refractivity contribution is 5.96. The van der Waals surface area contributed by atoms with Crippen molar-refractivity contribution < 1.29 is 18.0 Å². The first-order valence-corrected chi connectivity index (χ1v) is 11.6. The number of nitrogens with zero attached hydrogens (tertiary/aromatic N) is 5. The number of anilines is 1. The molecule has 1 saturated heterocycles. The Labute approximate surface area is 199 Å². The maximum atomic E-state index is 13.2. The number of nitrogens with one attached hydrogen (secondary N) is 2. The smallest absolute Gasteiger partial charge is 0.352 e. The number of fused-ring (bicyclic) bond motifs is 1. The van der Waals surface area contributed by atoms with Gasteiger partial charge < -0.3 is 15.2 Å². The van der Waals surface area contributed by atoms with Crippen LogP contribution >= 0.6 is 0 Å². The Morgan fingerprint density at radius 1 is 1.23 bits per heavy atom. The van der Waals surface area contributed by atoms with Gasteiger partial charge in [0.05, 0.1) is 17.8 Å². The van der Waals surface area contributed by atoms with Gasteiger partial charge in [-0.25, -0.2) is 19.8 Å². The molecule has 1 aliphatic heterocycles. The van der Waals surface area contributed by atoms with Gasteiger partial charge >= 0.3 is 6.18 Å². The summed E-state index contributed by atoms with van der Waals surface area (Å²) >= 11 is 0. The summed E-state index contributed by atoms with van der Waals surface area (Å²) in [7, 11) is 0. The van der Waals surface area contributed by atoms with Crippen molar-refractivity contribution in [1.29, 1.82) is 0 Å². The molecule has 35 heavy (non-hydrogen) atoms. The van der Waals surface area contributed by atoms with Gasteiger partial charge in [-0.3, -0.25) is 4.79 Å². The number of likely N-dealkylation sites (tertiary alicyclic amines) is 1. The van der Waals surface area contributed by atoms with Crippen LogP contribution in [-0.4, -0.2) is 49.9 Å². The Balaban J connectivity index is 1.36. The predicted molar refractivity (Wildman–Crippen MR) is 123 cm³/mol. The number of hydrogen-bond donors (Lipinski definition) is 2. The van der Waals surface area contributed by atoms with E-state index in [1.54, 1.807) is 0 Å². The van der Waals surface area contributed by atoms with E-state index in [2.05, 4.69) is 30.1 Å².